The molecule has 1 saturated heterocycles. The highest BCUT2D eigenvalue weighted by Crippen LogP contribution is 2.27. The molecule has 5 nitrogen and oxygen atoms in total. The van der Waals surface area contributed by atoms with Crippen LogP contribution < -0.4 is 5.32 Å². The monoisotopic (exact) mass is 398 g/mol. The number of hydrogen-bond acceptors (Lipinski definition) is 5. The molecule has 0 bridgehead atoms. The number of carbonyl (C=O) groups excluding carboxylic acids is 1. The average molecular weight is 399 g/mol. The van der Waals surface area contributed by atoms with Crippen LogP contribution in [0.25, 0.3) is 10.6 Å². The van der Waals surface area contributed by atoms with E-state index in [9.17, 15) is 4.79 Å². The quantitative estimate of drug-likeness (QED) is 0.676. The van der Waals surface area contributed by atoms with Gasteiger partial charge in [-0.2, -0.15) is 0 Å². The number of carbonyl (C=O) groups is 1. The molecule has 1 aromatic heterocycles. The third-order valence-electron chi connectivity index (χ3n) is 4.56. The molecule has 0 atom stereocenters. The molecule has 0 radical (unpaired) electrons. The van der Waals surface area contributed by atoms with Gasteiger partial charge < -0.3 is 0 Å². The van der Waals surface area contributed by atoms with Gasteiger partial charge in [0, 0.05) is 22.7 Å². The van der Waals surface area contributed by atoms with E-state index in [0.29, 0.717) is 15.7 Å². The molecule has 0 spiro atoms. The Balaban J connectivity index is 1.39. The van der Waals surface area contributed by atoms with Crippen molar-refractivity contribution >= 4 is 34.0 Å². The molecule has 2 aromatic carbocycles. The third-order valence-corrected chi connectivity index (χ3v) is 5.70. The topological polar surface area (TPSA) is 58.1 Å². The Morgan fingerprint density at radius 1 is 1.04 bits per heavy atom. The summed E-state index contributed by atoms with van der Waals surface area (Å²) < 4.78 is 0. The van der Waals surface area contributed by atoms with Gasteiger partial charge in [0.25, 0.3) is 5.91 Å². The second kappa shape index (κ2) is 8.17. The lowest BCUT2D eigenvalue weighted by Crippen LogP contribution is -2.18. The van der Waals surface area contributed by atoms with Crippen molar-refractivity contribution in [2.24, 2.45) is 0 Å². The van der Waals surface area contributed by atoms with Gasteiger partial charge in [0.1, 0.15) is 5.01 Å². The summed E-state index contributed by atoms with van der Waals surface area (Å²) in [7, 11) is 0. The number of hydrogen-bond donors (Lipinski definition) is 1. The van der Waals surface area contributed by atoms with Crippen molar-refractivity contribution in [3.63, 3.8) is 0 Å². The van der Waals surface area contributed by atoms with E-state index < -0.39 is 0 Å². The summed E-state index contributed by atoms with van der Waals surface area (Å²) >= 11 is 7.24. The van der Waals surface area contributed by atoms with Crippen LogP contribution in [0.4, 0.5) is 5.13 Å². The van der Waals surface area contributed by atoms with Gasteiger partial charge in [-0.25, -0.2) is 0 Å². The minimum Gasteiger partial charge on any atom is -0.299 e. The summed E-state index contributed by atoms with van der Waals surface area (Å²) in [5.41, 5.74) is 2.77. The maximum atomic E-state index is 12.5. The first-order valence-electron chi connectivity index (χ1n) is 8.89. The van der Waals surface area contributed by atoms with Crippen molar-refractivity contribution in [1.82, 2.24) is 15.1 Å². The third kappa shape index (κ3) is 4.53. The summed E-state index contributed by atoms with van der Waals surface area (Å²) in [6.07, 6.45) is 2.56. The normalized spacial score (nSPS) is 14.4. The molecule has 4 rings (SSSR count). The number of amides is 1. The minimum atomic E-state index is -0.179. The second-order valence-corrected chi connectivity index (χ2v) is 7.97. The first kappa shape index (κ1) is 18.1. The van der Waals surface area contributed by atoms with Gasteiger partial charge >= 0.3 is 0 Å². The lowest BCUT2D eigenvalue weighted by atomic mass is 10.1. The summed E-state index contributed by atoms with van der Waals surface area (Å²) in [5, 5.41) is 12.9. The van der Waals surface area contributed by atoms with Gasteiger partial charge in [-0.1, -0.05) is 47.2 Å². The number of aromatic nitrogens is 2. The fraction of sp³-hybridized carbons (Fsp3) is 0.250. The van der Waals surface area contributed by atoms with Gasteiger partial charge in [0.2, 0.25) is 5.13 Å². The number of nitrogens with one attached hydrogen (secondary N) is 1. The summed E-state index contributed by atoms with van der Waals surface area (Å²) in [6, 6.07) is 15.1. The van der Waals surface area contributed by atoms with Gasteiger partial charge in [-0.15, -0.1) is 10.2 Å². The Morgan fingerprint density at radius 2 is 1.74 bits per heavy atom. The van der Waals surface area contributed by atoms with Gasteiger partial charge in [0.05, 0.1) is 0 Å². The first-order valence-corrected chi connectivity index (χ1v) is 10.1. The van der Waals surface area contributed by atoms with Crippen molar-refractivity contribution in [3.05, 3.63) is 64.7 Å². The van der Waals surface area contributed by atoms with Crippen LogP contribution in [-0.4, -0.2) is 34.1 Å². The summed E-state index contributed by atoms with van der Waals surface area (Å²) in [4.78, 5) is 14.9. The number of benzene rings is 2. The predicted molar refractivity (Wildman–Crippen MR) is 109 cm³/mol. The van der Waals surface area contributed by atoms with Crippen LogP contribution in [0, 0.1) is 0 Å². The fourth-order valence-corrected chi connectivity index (χ4v) is 3.98. The van der Waals surface area contributed by atoms with E-state index in [4.69, 9.17) is 11.6 Å². The lowest BCUT2D eigenvalue weighted by Gasteiger charge is -2.14. The molecule has 2 heterocycles. The predicted octanol–water partition coefficient (Wildman–Crippen LogP) is 4.71. The molecular formula is C20H19ClN4OS. The minimum absolute atomic E-state index is 0.179. The molecule has 1 amide bonds. The Bertz CT molecular complexity index is 918. The van der Waals surface area contributed by atoms with E-state index in [1.807, 2.05) is 36.4 Å². The highest BCUT2D eigenvalue weighted by molar-refractivity contribution is 7.18. The van der Waals surface area contributed by atoms with E-state index in [1.54, 1.807) is 12.1 Å². The molecule has 138 valence electrons. The Morgan fingerprint density at radius 3 is 2.44 bits per heavy atom. The molecule has 1 fully saturated rings. The number of nitrogens with zero attached hydrogens (tertiary/aromatic N) is 3. The van der Waals surface area contributed by atoms with Crippen LogP contribution in [0.1, 0.15) is 28.8 Å². The second-order valence-electron chi connectivity index (χ2n) is 6.55. The van der Waals surface area contributed by atoms with Crippen LogP contribution in [0.2, 0.25) is 5.02 Å². The van der Waals surface area contributed by atoms with Crippen LogP contribution in [0.15, 0.2) is 48.5 Å². The van der Waals surface area contributed by atoms with E-state index in [-0.39, 0.29) is 5.91 Å². The largest absolute Gasteiger partial charge is 0.299 e. The molecule has 1 aliphatic rings. The van der Waals surface area contributed by atoms with Crippen LogP contribution in [0.5, 0.6) is 0 Å². The van der Waals surface area contributed by atoms with E-state index in [0.717, 1.165) is 30.2 Å². The summed E-state index contributed by atoms with van der Waals surface area (Å²) in [5.74, 6) is -0.179. The molecule has 1 N–H and O–H groups in total. The molecular weight excluding hydrogens is 380 g/mol. The standard InChI is InChI=1S/C20H19ClN4OS/c21-17-9-7-16(8-10-17)19-23-24-20(27-19)22-18(26)15-5-3-14(4-6-15)13-25-11-1-2-12-25/h3-10H,1-2,11-13H2,(H,22,24,26). The fourth-order valence-electron chi connectivity index (χ4n) is 3.11. The number of anilines is 1. The van der Waals surface area contributed by atoms with E-state index in [2.05, 4.69) is 20.4 Å². The summed E-state index contributed by atoms with van der Waals surface area (Å²) in [6.45, 7) is 3.27. The molecule has 0 saturated carbocycles. The zero-order chi connectivity index (χ0) is 18.6. The first-order chi connectivity index (χ1) is 13.2. The number of halogens is 1. The van der Waals surface area contributed by atoms with E-state index in [1.165, 1.54) is 29.7 Å². The maximum Gasteiger partial charge on any atom is 0.257 e. The van der Waals surface area contributed by atoms with Crippen LogP contribution in [-0.2, 0) is 6.54 Å². The molecule has 0 unspecified atom stereocenters. The smallest absolute Gasteiger partial charge is 0.257 e. The maximum absolute atomic E-state index is 12.5. The Labute approximate surface area is 167 Å². The Hall–Kier alpha value is -2.28. The van der Waals surface area contributed by atoms with Gasteiger partial charge in [-0.3, -0.25) is 15.0 Å². The van der Waals surface area contributed by atoms with Crippen LogP contribution in [0.3, 0.4) is 0 Å². The van der Waals surface area contributed by atoms with Crippen molar-refractivity contribution in [3.8, 4) is 10.6 Å². The lowest BCUT2D eigenvalue weighted by molar-refractivity contribution is 0.102. The molecule has 1 aliphatic heterocycles. The highest BCUT2D eigenvalue weighted by Gasteiger charge is 2.14. The molecule has 0 aliphatic carbocycles. The Kier molecular flexibility index (Phi) is 5.48. The number of likely N-dealkylation sites (tertiary alicyclic amines) is 1. The SMILES string of the molecule is O=C(Nc1nnc(-c2ccc(Cl)cc2)s1)c1ccc(CN2CCCC2)cc1. The molecule has 27 heavy (non-hydrogen) atoms. The molecule has 7 heteroatoms. The highest BCUT2D eigenvalue weighted by atomic mass is 35.5. The van der Waals surface area contributed by atoms with Crippen molar-refractivity contribution in [2.75, 3.05) is 18.4 Å². The van der Waals surface area contributed by atoms with Crippen molar-refractivity contribution in [2.45, 2.75) is 19.4 Å². The average Bonchev–Trinajstić information content (AvgIpc) is 3.35. The van der Waals surface area contributed by atoms with Crippen LogP contribution >= 0.6 is 22.9 Å². The van der Waals surface area contributed by atoms with E-state index >= 15 is 0 Å². The van der Waals surface area contributed by atoms with Crippen molar-refractivity contribution < 1.29 is 4.79 Å². The van der Waals surface area contributed by atoms with Crippen molar-refractivity contribution in [1.29, 1.82) is 0 Å². The van der Waals surface area contributed by atoms with Gasteiger partial charge in [0.15, 0.2) is 0 Å². The number of rotatable bonds is 5. The molecule has 3 aromatic rings. The zero-order valence-corrected chi connectivity index (χ0v) is 16.3. The zero-order valence-electron chi connectivity index (χ0n) is 14.7. The van der Waals surface area contributed by atoms with Gasteiger partial charge in [-0.05, 0) is 55.8 Å².